The molecule has 7 nitrogen and oxygen atoms in total. The Morgan fingerprint density at radius 1 is 1.12 bits per heavy atom. The van der Waals surface area contributed by atoms with Gasteiger partial charge in [-0.2, -0.15) is 0 Å². The molecular weight excluding hydrogens is 460 g/mol. The van der Waals surface area contributed by atoms with Gasteiger partial charge in [-0.15, -0.1) is 12.4 Å². The monoisotopic (exact) mass is 486 g/mol. The predicted octanol–water partition coefficient (Wildman–Crippen LogP) is 5.29. The highest BCUT2D eigenvalue weighted by atomic mass is 35.5. The van der Waals surface area contributed by atoms with Crippen molar-refractivity contribution in [2.24, 2.45) is 0 Å². The van der Waals surface area contributed by atoms with Crippen LogP contribution in [0.1, 0.15) is 22.5 Å². The molecule has 0 atom stereocenters. The summed E-state index contributed by atoms with van der Waals surface area (Å²) >= 11 is 1.49. The number of fused-ring (bicyclic) bond motifs is 1. The van der Waals surface area contributed by atoms with Crippen molar-refractivity contribution in [2.45, 2.75) is 13.3 Å². The standard InChI is InChI=1S/C24H26N4O3S.ClH/c1-16-11-12-19(30-4)21-22(16)32-24(25-21)28(14-8-13-27(2)3)23(29)18-15-20(31-26-18)17-9-6-5-7-10-17;/h5-7,9-12,15H,8,13-14H2,1-4H3;1H. The molecule has 0 radical (unpaired) electrons. The predicted molar refractivity (Wildman–Crippen MR) is 135 cm³/mol. The second kappa shape index (κ2) is 10.8. The molecule has 4 rings (SSSR count). The molecule has 33 heavy (non-hydrogen) atoms. The van der Waals surface area contributed by atoms with Crippen LogP contribution in [0.3, 0.4) is 0 Å². The molecule has 0 fully saturated rings. The van der Waals surface area contributed by atoms with Gasteiger partial charge in [0.2, 0.25) is 0 Å². The fourth-order valence-corrected chi connectivity index (χ4v) is 4.54. The van der Waals surface area contributed by atoms with Crippen LogP contribution in [0.15, 0.2) is 53.1 Å². The Bertz CT molecular complexity index is 1220. The normalized spacial score (nSPS) is 10.9. The molecular formula is C24H27ClN4O3S. The van der Waals surface area contributed by atoms with Gasteiger partial charge in [0.1, 0.15) is 11.3 Å². The number of rotatable bonds is 8. The smallest absolute Gasteiger partial charge is 0.282 e. The minimum Gasteiger partial charge on any atom is -0.494 e. The Labute approximate surface area is 203 Å². The molecule has 2 aromatic heterocycles. The van der Waals surface area contributed by atoms with Crippen LogP contribution in [0.5, 0.6) is 5.75 Å². The average molecular weight is 487 g/mol. The van der Waals surface area contributed by atoms with Crippen molar-refractivity contribution in [3.8, 4) is 17.1 Å². The summed E-state index contributed by atoms with van der Waals surface area (Å²) in [5.41, 5.74) is 3.00. The number of ether oxygens (including phenoxy) is 1. The molecule has 0 saturated heterocycles. The van der Waals surface area contributed by atoms with Crippen LogP contribution < -0.4 is 9.64 Å². The average Bonchev–Trinajstić information content (AvgIpc) is 3.46. The number of methoxy groups -OCH3 is 1. The van der Waals surface area contributed by atoms with Gasteiger partial charge in [0, 0.05) is 18.2 Å². The number of nitrogens with zero attached hydrogens (tertiary/aromatic N) is 4. The van der Waals surface area contributed by atoms with Gasteiger partial charge in [0.15, 0.2) is 16.6 Å². The highest BCUT2D eigenvalue weighted by Gasteiger charge is 2.25. The number of carbonyl (C=O) groups excluding carboxylic acids is 1. The van der Waals surface area contributed by atoms with E-state index in [1.165, 1.54) is 11.3 Å². The van der Waals surface area contributed by atoms with Crippen LogP contribution >= 0.6 is 23.7 Å². The summed E-state index contributed by atoms with van der Waals surface area (Å²) in [6.07, 6.45) is 0.800. The lowest BCUT2D eigenvalue weighted by Crippen LogP contribution is -2.33. The number of aryl methyl sites for hydroxylation is 1. The van der Waals surface area contributed by atoms with Gasteiger partial charge >= 0.3 is 0 Å². The Morgan fingerprint density at radius 3 is 2.58 bits per heavy atom. The zero-order valence-corrected chi connectivity index (χ0v) is 20.7. The van der Waals surface area contributed by atoms with Crippen LogP contribution in [0.25, 0.3) is 21.5 Å². The van der Waals surface area contributed by atoms with Gasteiger partial charge in [-0.3, -0.25) is 9.69 Å². The van der Waals surface area contributed by atoms with Crippen molar-refractivity contribution < 1.29 is 14.1 Å². The van der Waals surface area contributed by atoms with Crippen molar-refractivity contribution in [1.29, 1.82) is 0 Å². The second-order valence-electron chi connectivity index (χ2n) is 7.81. The van der Waals surface area contributed by atoms with Crippen LogP contribution in [-0.4, -0.2) is 55.2 Å². The van der Waals surface area contributed by atoms with Crippen molar-refractivity contribution in [3.05, 3.63) is 59.8 Å². The molecule has 2 heterocycles. The Kier molecular flexibility index (Phi) is 8.07. The summed E-state index contributed by atoms with van der Waals surface area (Å²) in [4.78, 5) is 22.1. The van der Waals surface area contributed by atoms with Crippen molar-refractivity contribution in [2.75, 3.05) is 39.2 Å². The first-order valence-corrected chi connectivity index (χ1v) is 11.2. The van der Waals surface area contributed by atoms with Crippen LogP contribution in [0.4, 0.5) is 5.13 Å². The molecule has 0 aliphatic carbocycles. The van der Waals surface area contributed by atoms with Crippen LogP contribution in [-0.2, 0) is 0 Å². The maximum absolute atomic E-state index is 13.5. The number of carbonyl (C=O) groups is 1. The minimum atomic E-state index is -0.231. The van der Waals surface area contributed by atoms with E-state index in [9.17, 15) is 4.79 Å². The molecule has 4 aromatic rings. The van der Waals surface area contributed by atoms with E-state index in [0.717, 1.165) is 34.3 Å². The second-order valence-corrected chi connectivity index (χ2v) is 8.79. The third-order valence-corrected chi connectivity index (χ3v) is 6.38. The van der Waals surface area contributed by atoms with E-state index in [0.29, 0.717) is 23.2 Å². The number of thiazole rings is 1. The molecule has 1 amide bonds. The number of hydrogen-bond donors (Lipinski definition) is 0. The summed E-state index contributed by atoms with van der Waals surface area (Å²) in [5, 5.41) is 4.69. The van der Waals surface area contributed by atoms with E-state index in [1.54, 1.807) is 18.1 Å². The van der Waals surface area contributed by atoms with E-state index >= 15 is 0 Å². The number of hydrogen-bond acceptors (Lipinski definition) is 7. The quantitative estimate of drug-likeness (QED) is 0.337. The maximum atomic E-state index is 13.5. The van der Waals surface area contributed by atoms with Gasteiger partial charge in [-0.25, -0.2) is 4.98 Å². The zero-order chi connectivity index (χ0) is 22.7. The molecule has 0 N–H and O–H groups in total. The molecule has 9 heteroatoms. The number of anilines is 1. The van der Waals surface area contributed by atoms with Gasteiger partial charge in [-0.05, 0) is 45.6 Å². The number of halogens is 1. The van der Waals surface area contributed by atoms with E-state index < -0.39 is 0 Å². The fourth-order valence-electron chi connectivity index (χ4n) is 3.46. The lowest BCUT2D eigenvalue weighted by molar-refractivity contribution is 0.0977. The first-order chi connectivity index (χ1) is 15.5. The van der Waals surface area contributed by atoms with E-state index in [2.05, 4.69) is 10.1 Å². The lowest BCUT2D eigenvalue weighted by Gasteiger charge is -2.19. The lowest BCUT2D eigenvalue weighted by atomic mass is 10.1. The van der Waals surface area contributed by atoms with Crippen molar-refractivity contribution in [1.82, 2.24) is 15.0 Å². The van der Waals surface area contributed by atoms with Crippen LogP contribution in [0, 0.1) is 6.92 Å². The molecule has 0 unspecified atom stereocenters. The molecule has 0 spiro atoms. The summed E-state index contributed by atoms with van der Waals surface area (Å²) in [7, 11) is 5.66. The van der Waals surface area contributed by atoms with Gasteiger partial charge in [0.25, 0.3) is 5.91 Å². The largest absolute Gasteiger partial charge is 0.494 e. The third kappa shape index (κ3) is 5.35. The van der Waals surface area contributed by atoms with Gasteiger partial charge in [0.05, 0.1) is 11.8 Å². The molecule has 174 valence electrons. The Hall–Kier alpha value is -2.94. The zero-order valence-electron chi connectivity index (χ0n) is 19.1. The molecule has 0 aliphatic rings. The number of benzene rings is 2. The summed E-state index contributed by atoms with van der Waals surface area (Å²) < 4.78 is 12.0. The molecule has 0 saturated carbocycles. The fraction of sp³-hybridized carbons (Fsp3) is 0.292. The SMILES string of the molecule is COc1ccc(C)c2sc(N(CCCN(C)C)C(=O)c3cc(-c4ccccc4)on3)nc12.Cl. The van der Waals surface area contributed by atoms with E-state index in [-0.39, 0.29) is 24.0 Å². The van der Waals surface area contributed by atoms with Crippen LogP contribution in [0.2, 0.25) is 0 Å². The maximum Gasteiger partial charge on any atom is 0.282 e. The topological polar surface area (TPSA) is 71.7 Å². The first kappa shape index (κ1) is 24.7. The summed E-state index contributed by atoms with van der Waals surface area (Å²) in [5.74, 6) is 1.02. The van der Waals surface area contributed by atoms with Gasteiger partial charge < -0.3 is 14.2 Å². The van der Waals surface area contributed by atoms with Crippen molar-refractivity contribution >= 4 is 45.0 Å². The van der Waals surface area contributed by atoms with E-state index in [4.69, 9.17) is 14.2 Å². The Balaban J connectivity index is 0.00000306. The minimum absolute atomic E-state index is 0. The third-order valence-electron chi connectivity index (χ3n) is 5.16. The summed E-state index contributed by atoms with van der Waals surface area (Å²) in [6.45, 7) is 3.41. The summed E-state index contributed by atoms with van der Waals surface area (Å²) in [6, 6.07) is 15.2. The molecule has 2 aromatic carbocycles. The highest BCUT2D eigenvalue weighted by molar-refractivity contribution is 7.22. The first-order valence-electron chi connectivity index (χ1n) is 10.4. The molecule has 0 aliphatic heterocycles. The van der Waals surface area contributed by atoms with E-state index in [1.807, 2.05) is 63.5 Å². The van der Waals surface area contributed by atoms with Gasteiger partial charge in [-0.1, -0.05) is 52.9 Å². The van der Waals surface area contributed by atoms with Crippen molar-refractivity contribution in [3.63, 3.8) is 0 Å². The molecule has 0 bridgehead atoms. The highest BCUT2D eigenvalue weighted by Crippen LogP contribution is 2.37. The number of aromatic nitrogens is 2. The Morgan fingerprint density at radius 2 is 1.88 bits per heavy atom. The number of amides is 1.